The maximum Gasteiger partial charge on any atom is 0.306 e. The van der Waals surface area contributed by atoms with Crippen LogP contribution in [-0.2, 0) is 18.5 Å². The van der Waals surface area contributed by atoms with Crippen LogP contribution < -0.4 is 0 Å². The number of hydrogen-bond donors (Lipinski definition) is 0. The van der Waals surface area contributed by atoms with Crippen LogP contribution in [0.25, 0.3) is 0 Å². The van der Waals surface area contributed by atoms with Crippen molar-refractivity contribution < 1.29 is 16.8 Å². The van der Waals surface area contributed by atoms with E-state index in [1.807, 2.05) is 13.2 Å². The Labute approximate surface area is 172 Å². The average Bonchev–Trinajstić information content (AvgIpc) is 2.69. The lowest BCUT2D eigenvalue weighted by Crippen LogP contribution is -2.32. The van der Waals surface area contributed by atoms with Crippen molar-refractivity contribution in [2.24, 2.45) is 5.92 Å². The minimum atomic E-state index is -3.88. The van der Waals surface area contributed by atoms with Gasteiger partial charge in [-0.25, -0.2) is 3.63 Å². The second-order valence-electron chi connectivity index (χ2n) is 8.61. The lowest BCUT2D eigenvalue weighted by molar-refractivity contribution is -0.121. The average molecular weight is 427 g/mol. The summed E-state index contributed by atoms with van der Waals surface area (Å²) in [5.74, 6) is 0.602. The van der Waals surface area contributed by atoms with Crippen molar-refractivity contribution in [3.63, 3.8) is 0 Å². The molecule has 28 heavy (non-hydrogen) atoms. The first-order valence-electron chi connectivity index (χ1n) is 10.6. The number of carbonyl (C=O) groups is 1. The Balaban J connectivity index is 1.82. The van der Waals surface area contributed by atoms with Gasteiger partial charge < -0.3 is 0 Å². The number of Topliss-reactive ketones (excluding diaryl/α,β-unsaturated/α-hetero) is 1. The van der Waals surface area contributed by atoms with Crippen LogP contribution in [0.4, 0.5) is 0 Å². The molecule has 0 radical (unpaired) electrons. The fourth-order valence-electron chi connectivity index (χ4n) is 4.53. The van der Waals surface area contributed by atoms with Gasteiger partial charge in [0.25, 0.3) is 0 Å². The van der Waals surface area contributed by atoms with Gasteiger partial charge in [0.15, 0.2) is 0 Å². The highest BCUT2D eigenvalue weighted by Crippen LogP contribution is 2.57. The molecule has 158 valence electrons. The summed E-state index contributed by atoms with van der Waals surface area (Å²) < 4.78 is 32.1. The van der Waals surface area contributed by atoms with E-state index in [1.54, 1.807) is 24.3 Å². The fourth-order valence-corrected chi connectivity index (χ4v) is 9.96. The molecule has 0 saturated heterocycles. The molecule has 0 N–H and O–H groups in total. The van der Waals surface area contributed by atoms with Gasteiger partial charge in [-0.1, -0.05) is 56.2 Å². The first-order valence-corrected chi connectivity index (χ1v) is 14.2. The zero-order chi connectivity index (χ0) is 20.2. The molecule has 0 amide bonds. The number of carbonyl (C=O) groups excluding carboxylic acids is 1. The van der Waals surface area contributed by atoms with Crippen LogP contribution in [0, 0.1) is 12.8 Å². The van der Waals surface area contributed by atoms with Crippen molar-refractivity contribution in [2.75, 3.05) is 12.0 Å². The van der Waals surface area contributed by atoms with Gasteiger partial charge >= 0.3 is 10.1 Å². The third-order valence-corrected chi connectivity index (χ3v) is 11.9. The topological polar surface area (TPSA) is 60.4 Å². The Bertz CT molecular complexity index is 760. The van der Waals surface area contributed by atoms with E-state index in [9.17, 15) is 13.2 Å². The molecule has 0 aliphatic heterocycles. The van der Waals surface area contributed by atoms with Crippen LogP contribution in [0.3, 0.4) is 0 Å². The van der Waals surface area contributed by atoms with Crippen LogP contribution in [0.2, 0.25) is 0 Å². The third-order valence-electron chi connectivity index (χ3n) is 6.30. The molecule has 0 bridgehead atoms. The molecule has 2 fully saturated rings. The highest BCUT2D eigenvalue weighted by Gasteiger charge is 2.39. The molecule has 1 aromatic carbocycles. The van der Waals surface area contributed by atoms with Crippen LogP contribution in [0.1, 0.15) is 69.8 Å². The van der Waals surface area contributed by atoms with Gasteiger partial charge in [-0.2, -0.15) is 8.42 Å². The van der Waals surface area contributed by atoms with E-state index in [0.717, 1.165) is 56.9 Å². The van der Waals surface area contributed by atoms with Gasteiger partial charge in [-0.3, -0.25) is 4.79 Å². The van der Waals surface area contributed by atoms with Crippen molar-refractivity contribution >= 4 is 26.2 Å². The summed E-state index contributed by atoms with van der Waals surface area (Å²) in [5, 5.41) is 0.189. The molecule has 2 aliphatic rings. The van der Waals surface area contributed by atoms with Gasteiger partial charge in [-0.15, -0.1) is 10.3 Å². The number of hydrogen-bond acceptors (Lipinski definition) is 4. The SMILES string of the molecule is Cc1ccc(S(=O)(=O)OS(C)(CC(=O)C2CCCCC2)C2CCCCC2)cc1. The molecule has 1 aromatic rings. The Hall–Kier alpha value is -0.850. The van der Waals surface area contributed by atoms with Crippen molar-refractivity contribution in [2.45, 2.75) is 81.3 Å². The Morgan fingerprint density at radius 3 is 2.04 bits per heavy atom. The summed E-state index contributed by atoms with van der Waals surface area (Å²) >= 11 is 0. The fraction of sp³-hybridized carbons (Fsp3) is 0.682. The number of rotatable bonds is 7. The van der Waals surface area contributed by atoms with Gasteiger partial charge in [0.2, 0.25) is 0 Å². The first kappa shape index (κ1) is 21.8. The zero-order valence-corrected chi connectivity index (χ0v) is 18.8. The number of aryl methyl sites for hydroxylation is 1. The summed E-state index contributed by atoms with van der Waals surface area (Å²) in [6.45, 7) is 1.93. The largest absolute Gasteiger partial charge is 0.306 e. The summed E-state index contributed by atoms with van der Waals surface area (Å²) in [7, 11) is -5.92. The highest BCUT2D eigenvalue weighted by atomic mass is 32.3. The molecule has 4 nitrogen and oxygen atoms in total. The summed E-state index contributed by atoms with van der Waals surface area (Å²) in [5.41, 5.74) is 1.01. The quantitative estimate of drug-likeness (QED) is 0.575. The maximum absolute atomic E-state index is 13.1. The number of ketones is 1. The third kappa shape index (κ3) is 5.39. The van der Waals surface area contributed by atoms with E-state index in [4.69, 9.17) is 3.63 Å². The molecule has 0 spiro atoms. The molecule has 1 atom stereocenters. The summed E-state index contributed by atoms with van der Waals surface area (Å²) in [4.78, 5) is 13.3. The minimum absolute atomic E-state index is 0.0924. The van der Waals surface area contributed by atoms with Crippen LogP contribution in [-0.4, -0.2) is 31.5 Å². The van der Waals surface area contributed by atoms with E-state index in [1.165, 1.54) is 12.8 Å². The van der Waals surface area contributed by atoms with E-state index < -0.39 is 20.4 Å². The van der Waals surface area contributed by atoms with Gasteiger partial charge in [0.1, 0.15) is 5.78 Å². The monoisotopic (exact) mass is 426 g/mol. The van der Waals surface area contributed by atoms with Crippen molar-refractivity contribution in [3.05, 3.63) is 29.8 Å². The normalized spacial score (nSPS) is 23.1. The molecular formula is C22H34O4S2. The lowest BCUT2D eigenvalue weighted by atomic mass is 9.87. The molecule has 3 rings (SSSR count). The van der Waals surface area contributed by atoms with Gasteiger partial charge in [0.05, 0.1) is 10.6 Å². The smallest absolute Gasteiger partial charge is 0.298 e. The Morgan fingerprint density at radius 2 is 1.46 bits per heavy atom. The molecule has 2 saturated carbocycles. The molecule has 0 heterocycles. The van der Waals surface area contributed by atoms with Crippen molar-refractivity contribution in [3.8, 4) is 0 Å². The van der Waals surface area contributed by atoms with Crippen molar-refractivity contribution in [1.29, 1.82) is 0 Å². The Morgan fingerprint density at radius 1 is 0.929 bits per heavy atom. The summed E-state index contributed by atoms with van der Waals surface area (Å²) in [6.07, 6.45) is 12.6. The lowest BCUT2D eigenvalue weighted by Gasteiger charge is -2.43. The molecule has 6 heteroatoms. The second-order valence-corrected chi connectivity index (χ2v) is 13.6. The highest BCUT2D eigenvalue weighted by molar-refractivity contribution is 8.33. The van der Waals surface area contributed by atoms with E-state index in [2.05, 4.69) is 0 Å². The molecule has 0 aromatic heterocycles. The minimum Gasteiger partial charge on any atom is -0.298 e. The van der Waals surface area contributed by atoms with E-state index in [0.29, 0.717) is 0 Å². The first-order chi connectivity index (χ1) is 13.3. The van der Waals surface area contributed by atoms with Crippen LogP contribution in [0.15, 0.2) is 29.2 Å². The summed E-state index contributed by atoms with van der Waals surface area (Å²) in [6, 6.07) is 6.79. The predicted molar refractivity (Wildman–Crippen MR) is 116 cm³/mol. The van der Waals surface area contributed by atoms with E-state index >= 15 is 0 Å². The van der Waals surface area contributed by atoms with Gasteiger partial charge in [-0.05, 0) is 51.0 Å². The zero-order valence-electron chi connectivity index (χ0n) is 17.2. The second kappa shape index (κ2) is 9.31. The van der Waals surface area contributed by atoms with Gasteiger partial charge in [0, 0.05) is 11.2 Å². The Kier molecular flexibility index (Phi) is 7.26. The number of benzene rings is 1. The standard InChI is InChI=1S/C22H34O4S2/c1-18-13-15-21(16-14-18)28(24,25)26-27(2,20-11-7-4-8-12-20)17-22(23)19-9-5-3-6-10-19/h13-16,19-20H,3-12,17H2,1-2H3. The maximum atomic E-state index is 13.1. The molecule has 2 aliphatic carbocycles. The van der Waals surface area contributed by atoms with Crippen LogP contribution in [0.5, 0.6) is 0 Å². The molecular weight excluding hydrogens is 392 g/mol. The van der Waals surface area contributed by atoms with Crippen molar-refractivity contribution in [1.82, 2.24) is 0 Å². The van der Waals surface area contributed by atoms with E-state index in [-0.39, 0.29) is 27.6 Å². The molecule has 1 unspecified atom stereocenters. The predicted octanol–water partition coefficient (Wildman–Crippen LogP) is 5.53. The van der Waals surface area contributed by atoms with Crippen LogP contribution >= 0.6 is 10.3 Å².